The maximum Gasteiger partial charge on any atom is 0.213 e. The zero-order valence-electron chi connectivity index (χ0n) is 19.1. The molecule has 7 nitrogen and oxygen atoms in total. The lowest BCUT2D eigenvalue weighted by Crippen LogP contribution is -2.24. The van der Waals surface area contributed by atoms with Crippen LogP contribution >= 0.6 is 0 Å². The van der Waals surface area contributed by atoms with Gasteiger partial charge in [-0.15, -0.1) is 5.10 Å². The van der Waals surface area contributed by atoms with E-state index in [0.717, 1.165) is 42.1 Å². The van der Waals surface area contributed by atoms with Crippen LogP contribution in [0.2, 0.25) is 0 Å². The molecule has 0 saturated carbocycles. The number of ether oxygens (including phenoxy) is 1. The molecule has 1 atom stereocenters. The van der Waals surface area contributed by atoms with Crippen molar-refractivity contribution in [2.45, 2.75) is 25.8 Å². The number of halogens is 1. The third-order valence-corrected chi connectivity index (χ3v) is 5.60. The van der Waals surface area contributed by atoms with Crippen LogP contribution in [0.15, 0.2) is 66.9 Å². The van der Waals surface area contributed by atoms with Crippen molar-refractivity contribution in [3.8, 4) is 5.88 Å². The second kappa shape index (κ2) is 10.7. The van der Waals surface area contributed by atoms with Crippen LogP contribution in [0.3, 0.4) is 0 Å². The van der Waals surface area contributed by atoms with Crippen LogP contribution in [0.1, 0.15) is 35.8 Å². The zero-order chi connectivity index (χ0) is 23.9. The van der Waals surface area contributed by atoms with Gasteiger partial charge in [-0.3, -0.25) is 4.79 Å². The minimum atomic E-state index is -0.182. The number of benzene rings is 1. The molecule has 0 N–H and O–H groups in total. The van der Waals surface area contributed by atoms with Gasteiger partial charge in [0.05, 0.1) is 30.7 Å². The number of aromatic nitrogens is 4. The van der Waals surface area contributed by atoms with Crippen LogP contribution in [0, 0.1) is 12.7 Å². The second-order valence-electron chi connectivity index (χ2n) is 7.87. The lowest BCUT2D eigenvalue weighted by Gasteiger charge is -2.26. The molecule has 0 spiro atoms. The molecule has 4 aromatic rings. The van der Waals surface area contributed by atoms with Crippen LogP contribution in [0.4, 0.5) is 10.2 Å². The summed E-state index contributed by atoms with van der Waals surface area (Å²) in [6.07, 6.45) is 7.65. The van der Waals surface area contributed by atoms with E-state index in [1.165, 1.54) is 12.1 Å². The number of carbonyl (C=O) groups excluding carboxylic acids is 1. The third kappa shape index (κ3) is 5.28. The van der Waals surface area contributed by atoms with Gasteiger partial charge in [-0.25, -0.2) is 18.9 Å². The number of fused-ring (bicyclic) bond motifs is 1. The highest BCUT2D eigenvalue weighted by Gasteiger charge is 2.27. The number of hydrogen-bond acceptors (Lipinski definition) is 6. The van der Waals surface area contributed by atoms with Crippen LogP contribution in [0.25, 0.3) is 11.7 Å². The van der Waals surface area contributed by atoms with Crippen LogP contribution in [-0.2, 0) is 4.79 Å². The average molecular weight is 460 g/mol. The summed E-state index contributed by atoms with van der Waals surface area (Å²) in [5.41, 5.74) is 3.59. The Morgan fingerprint density at radius 1 is 1.15 bits per heavy atom. The molecule has 0 bridgehead atoms. The van der Waals surface area contributed by atoms with E-state index in [-0.39, 0.29) is 11.9 Å². The molecule has 0 radical (unpaired) electrons. The van der Waals surface area contributed by atoms with Crippen molar-refractivity contribution in [1.29, 1.82) is 0 Å². The maximum absolute atomic E-state index is 13.5. The van der Waals surface area contributed by atoms with Gasteiger partial charge in [-0.2, -0.15) is 0 Å². The molecular formula is C26H26FN5O2. The van der Waals surface area contributed by atoms with E-state index in [1.807, 2.05) is 41.9 Å². The van der Waals surface area contributed by atoms with Crippen molar-refractivity contribution in [2.75, 3.05) is 18.6 Å². The van der Waals surface area contributed by atoms with E-state index in [0.29, 0.717) is 17.9 Å². The number of allylic oxidation sites excluding steroid dienone is 1. The lowest BCUT2D eigenvalue weighted by molar-refractivity contribution is -0.104. The number of nitrogens with zero attached hydrogens (tertiary/aromatic N) is 5. The van der Waals surface area contributed by atoms with Crippen molar-refractivity contribution in [3.05, 3.63) is 89.6 Å². The first-order chi connectivity index (χ1) is 16.6. The summed E-state index contributed by atoms with van der Waals surface area (Å²) >= 11 is 0. The number of anilines is 1. The number of aldehydes is 1. The number of imidazole rings is 1. The highest BCUT2D eigenvalue weighted by atomic mass is 19.1. The largest absolute Gasteiger partial charge is 0.481 e. The average Bonchev–Trinajstić information content (AvgIpc) is 3.50. The van der Waals surface area contributed by atoms with E-state index < -0.39 is 0 Å². The topological polar surface area (TPSA) is 72.6 Å². The summed E-state index contributed by atoms with van der Waals surface area (Å²) in [6.45, 7) is 2.93. The van der Waals surface area contributed by atoms with Crippen molar-refractivity contribution < 1.29 is 13.9 Å². The van der Waals surface area contributed by atoms with Crippen molar-refractivity contribution >= 4 is 23.8 Å². The molecule has 1 aromatic carbocycles. The van der Waals surface area contributed by atoms with Crippen molar-refractivity contribution in [1.82, 2.24) is 19.6 Å². The number of rotatable bonds is 5. The van der Waals surface area contributed by atoms with Gasteiger partial charge in [-0.05, 0) is 67.8 Å². The van der Waals surface area contributed by atoms with Crippen molar-refractivity contribution in [2.24, 2.45) is 0 Å². The Kier molecular flexibility index (Phi) is 7.27. The number of pyridine rings is 1. The Bertz CT molecular complexity index is 1300. The predicted octanol–water partition coefficient (Wildman–Crippen LogP) is 4.82. The summed E-state index contributed by atoms with van der Waals surface area (Å²) in [4.78, 5) is 20.6. The summed E-state index contributed by atoms with van der Waals surface area (Å²) in [7, 11) is 1.55. The second-order valence-corrected chi connectivity index (χ2v) is 7.87. The van der Waals surface area contributed by atoms with Gasteiger partial charge in [0.15, 0.2) is 5.65 Å². The van der Waals surface area contributed by atoms with Crippen LogP contribution < -0.4 is 9.64 Å². The fourth-order valence-electron chi connectivity index (χ4n) is 4.01. The predicted molar refractivity (Wildman–Crippen MR) is 129 cm³/mol. The van der Waals surface area contributed by atoms with Crippen LogP contribution in [0.5, 0.6) is 5.88 Å². The number of aryl methyl sites for hydroxylation is 1. The molecule has 1 saturated heterocycles. The quantitative estimate of drug-likeness (QED) is 0.315. The molecule has 4 heterocycles. The third-order valence-electron chi connectivity index (χ3n) is 5.60. The van der Waals surface area contributed by atoms with Gasteiger partial charge in [0.25, 0.3) is 0 Å². The van der Waals surface area contributed by atoms with Gasteiger partial charge in [-0.1, -0.05) is 18.2 Å². The Balaban J connectivity index is 0.000000195. The molecule has 1 aliphatic rings. The van der Waals surface area contributed by atoms with Crippen molar-refractivity contribution in [3.63, 3.8) is 0 Å². The lowest BCUT2D eigenvalue weighted by atomic mass is 10.0. The molecule has 3 aromatic heterocycles. The fourth-order valence-corrected chi connectivity index (χ4v) is 4.01. The smallest absolute Gasteiger partial charge is 0.213 e. The fraction of sp³-hybridized carbons (Fsp3) is 0.231. The molecule has 1 fully saturated rings. The molecule has 0 aliphatic carbocycles. The zero-order valence-corrected chi connectivity index (χ0v) is 19.1. The summed E-state index contributed by atoms with van der Waals surface area (Å²) < 4.78 is 20.3. The summed E-state index contributed by atoms with van der Waals surface area (Å²) in [5.74, 6) is 1.28. The molecular weight excluding hydrogens is 433 g/mol. The minimum Gasteiger partial charge on any atom is -0.481 e. The van der Waals surface area contributed by atoms with E-state index in [2.05, 4.69) is 14.9 Å². The van der Waals surface area contributed by atoms with E-state index in [1.54, 1.807) is 37.5 Å². The highest BCUT2D eigenvalue weighted by molar-refractivity contribution is 5.73. The Hall–Kier alpha value is -4.07. The first-order valence-corrected chi connectivity index (χ1v) is 11.1. The first-order valence-electron chi connectivity index (χ1n) is 11.1. The number of carbonyl (C=O) groups is 1. The maximum atomic E-state index is 13.5. The van der Waals surface area contributed by atoms with E-state index in [4.69, 9.17) is 9.84 Å². The number of methoxy groups -OCH3 is 1. The van der Waals surface area contributed by atoms with E-state index in [9.17, 15) is 9.18 Å². The summed E-state index contributed by atoms with van der Waals surface area (Å²) in [5, 5.41) is 4.70. The monoisotopic (exact) mass is 459 g/mol. The van der Waals surface area contributed by atoms with Crippen LogP contribution in [-0.4, -0.2) is 39.5 Å². The van der Waals surface area contributed by atoms with Gasteiger partial charge in [0.2, 0.25) is 5.88 Å². The molecule has 174 valence electrons. The Labute approximate surface area is 197 Å². The van der Waals surface area contributed by atoms with Gasteiger partial charge in [0, 0.05) is 12.6 Å². The standard InChI is InChI=1S/C17H17FN4.C9H9NO2/c1-12-11-19-16-7-8-17(20-22(12)16)21-9-3-6-15(21)13-4-2-5-14(18)10-13;1-12-9-6-2-4-8(10-9)5-3-7-11/h2,4-5,7-8,10-11,15H,3,6,9H2,1H3;2-7H,1H3/b;5-3+/t15-;/m1./s1. The molecule has 5 rings (SSSR count). The SMILES string of the molecule is COc1cccc(/C=C/C=O)n1.Cc1cnc2ccc(N3CCC[C@@H]3c3cccc(F)c3)nn12. The Morgan fingerprint density at radius 3 is 2.79 bits per heavy atom. The molecule has 8 heteroatoms. The van der Waals surface area contributed by atoms with Gasteiger partial charge >= 0.3 is 0 Å². The minimum absolute atomic E-state index is 0.182. The first kappa shape index (κ1) is 23.1. The molecule has 34 heavy (non-hydrogen) atoms. The molecule has 0 amide bonds. The van der Waals surface area contributed by atoms with E-state index >= 15 is 0 Å². The highest BCUT2D eigenvalue weighted by Crippen LogP contribution is 2.35. The number of hydrogen-bond donors (Lipinski definition) is 0. The normalized spacial score (nSPS) is 15.4. The summed E-state index contributed by atoms with van der Waals surface area (Å²) in [6, 6.07) is 16.4. The Morgan fingerprint density at radius 2 is 2.00 bits per heavy atom. The molecule has 1 aliphatic heterocycles. The molecule has 0 unspecified atom stereocenters. The van der Waals surface area contributed by atoms with Gasteiger partial charge in [0.1, 0.15) is 17.9 Å². The van der Waals surface area contributed by atoms with Gasteiger partial charge < -0.3 is 9.64 Å².